The number of nitrogens with zero attached hydrogens (tertiary/aromatic N) is 1. The number of aliphatic hydroxyl groups is 2. The lowest BCUT2D eigenvalue weighted by Crippen LogP contribution is -2.80. The molecule has 0 aromatic rings. The Morgan fingerprint density at radius 3 is 2.79 bits per heavy atom. The van der Waals surface area contributed by atoms with Crippen LogP contribution in [0.25, 0.3) is 0 Å². The van der Waals surface area contributed by atoms with E-state index in [1.54, 1.807) is 7.11 Å². The van der Waals surface area contributed by atoms with Crippen LogP contribution in [-0.2, 0) is 14.3 Å². The number of methoxy groups -OCH3 is 1. The molecule has 9 bridgehead atoms. The summed E-state index contributed by atoms with van der Waals surface area (Å²) >= 11 is 0. The van der Waals surface area contributed by atoms with E-state index in [4.69, 9.17) is 9.47 Å². The molecular weight excluding hydrogens is 374 g/mol. The van der Waals surface area contributed by atoms with Gasteiger partial charge in [-0.3, -0.25) is 4.79 Å². The number of aliphatic hydroxyl groups excluding tert-OH is 1. The van der Waals surface area contributed by atoms with Crippen molar-refractivity contribution in [2.45, 2.75) is 75.9 Å². The molecule has 0 radical (unpaired) electrons. The second-order valence-electron chi connectivity index (χ2n) is 11.2. The van der Waals surface area contributed by atoms with Crippen LogP contribution in [0.2, 0.25) is 0 Å². The first kappa shape index (κ1) is 19.0. The monoisotopic (exact) mass is 407 g/mol. The Hall–Kier alpha value is -0.730. The average molecular weight is 408 g/mol. The fourth-order valence-corrected chi connectivity index (χ4v) is 9.95. The van der Waals surface area contributed by atoms with E-state index in [9.17, 15) is 20.2 Å². The third kappa shape index (κ3) is 1.80. The van der Waals surface area contributed by atoms with Crippen molar-refractivity contribution in [3.05, 3.63) is 5.21 Å². The Bertz CT molecular complexity index is 776. The van der Waals surface area contributed by atoms with Gasteiger partial charge in [0, 0.05) is 18.4 Å². The van der Waals surface area contributed by atoms with E-state index in [-0.39, 0.29) is 40.1 Å². The molecule has 29 heavy (non-hydrogen) atoms. The number of hydrogen-bond acceptors (Lipinski definition) is 6. The summed E-state index contributed by atoms with van der Waals surface area (Å²) in [6.45, 7) is 4.98. The van der Waals surface area contributed by atoms with Crippen molar-refractivity contribution in [3.8, 4) is 0 Å². The minimum atomic E-state index is -1.37. The number of carbonyl (C=O) groups excluding carboxylic acids is 1. The zero-order valence-electron chi connectivity index (χ0n) is 17.5. The number of likely N-dealkylation sites (tertiary alicyclic amines) is 1. The molecule has 3 heterocycles. The molecule has 4 aliphatic carbocycles. The van der Waals surface area contributed by atoms with Crippen LogP contribution in [0.1, 0.15) is 46.0 Å². The summed E-state index contributed by atoms with van der Waals surface area (Å²) in [5.41, 5.74) is -2.27. The quantitative estimate of drug-likeness (QED) is 0.405. The Morgan fingerprint density at radius 1 is 1.34 bits per heavy atom. The number of ether oxygens (including phenoxy) is 2. The fourth-order valence-electron chi connectivity index (χ4n) is 9.95. The van der Waals surface area contributed by atoms with Crippen LogP contribution in [0.4, 0.5) is 0 Å². The maximum atomic E-state index is 14.4. The SMILES string of the molecule is CC[N+]1([O-])C[C@]2(C)CC[C@H](OC)[C@@]34[C@@H]5C[C@@H]6CC[C@](O)([C@@H]([C@@H](O)[C@H]23)[C@H]41)[C@H]5C(=O)O6. The molecule has 0 aromatic carbocycles. The molecule has 162 valence electrons. The van der Waals surface area contributed by atoms with Gasteiger partial charge in [-0.1, -0.05) is 6.92 Å². The molecule has 12 atom stereocenters. The van der Waals surface area contributed by atoms with Crippen LogP contribution in [0.15, 0.2) is 0 Å². The first-order chi connectivity index (χ1) is 13.7. The zero-order valence-corrected chi connectivity index (χ0v) is 17.5. The molecule has 7 rings (SSSR count). The van der Waals surface area contributed by atoms with E-state index in [0.717, 1.165) is 12.8 Å². The van der Waals surface area contributed by atoms with Crippen LogP contribution in [0, 0.1) is 39.7 Å². The van der Waals surface area contributed by atoms with E-state index < -0.39 is 35.0 Å². The molecule has 7 heteroatoms. The van der Waals surface area contributed by atoms with Crippen molar-refractivity contribution in [1.82, 2.24) is 0 Å². The van der Waals surface area contributed by atoms with Gasteiger partial charge < -0.3 is 29.5 Å². The highest BCUT2D eigenvalue weighted by molar-refractivity contribution is 5.77. The predicted octanol–water partition coefficient (Wildman–Crippen LogP) is 1.20. The summed E-state index contributed by atoms with van der Waals surface area (Å²) in [5, 5.41) is 38.3. The van der Waals surface area contributed by atoms with Gasteiger partial charge in [0.15, 0.2) is 0 Å². The van der Waals surface area contributed by atoms with Gasteiger partial charge in [-0.15, -0.1) is 0 Å². The third-order valence-electron chi connectivity index (χ3n) is 10.4. The van der Waals surface area contributed by atoms with Gasteiger partial charge in [-0.05, 0) is 44.9 Å². The number of hydroxylamine groups is 3. The number of rotatable bonds is 2. The molecule has 7 nitrogen and oxygen atoms in total. The number of fused-ring (bicyclic) bond motifs is 2. The van der Waals surface area contributed by atoms with Gasteiger partial charge in [-0.2, -0.15) is 0 Å². The molecule has 7 aliphatic rings. The van der Waals surface area contributed by atoms with E-state index in [1.807, 2.05) is 6.92 Å². The Balaban J connectivity index is 1.69. The molecule has 0 aromatic heterocycles. The molecular formula is C22H33NO6. The van der Waals surface area contributed by atoms with E-state index in [0.29, 0.717) is 32.4 Å². The topological polar surface area (TPSA) is 99.0 Å². The summed E-state index contributed by atoms with van der Waals surface area (Å²) in [6.07, 6.45) is 2.20. The molecule has 4 saturated carbocycles. The molecule has 1 spiro atoms. The highest BCUT2D eigenvalue weighted by atomic mass is 16.6. The lowest BCUT2D eigenvalue weighted by atomic mass is 9.42. The van der Waals surface area contributed by atoms with Crippen molar-refractivity contribution in [2.24, 2.45) is 34.5 Å². The average Bonchev–Trinajstić information content (AvgIpc) is 2.71. The van der Waals surface area contributed by atoms with Gasteiger partial charge in [-0.25, -0.2) is 0 Å². The number of esters is 1. The number of quaternary nitrogens is 1. The minimum absolute atomic E-state index is 0.123. The third-order valence-corrected chi connectivity index (χ3v) is 10.4. The summed E-state index contributed by atoms with van der Waals surface area (Å²) in [7, 11) is 1.71. The summed E-state index contributed by atoms with van der Waals surface area (Å²) in [5.74, 6) is -1.89. The van der Waals surface area contributed by atoms with Gasteiger partial charge in [0.1, 0.15) is 12.1 Å². The minimum Gasteiger partial charge on any atom is -0.633 e. The van der Waals surface area contributed by atoms with Crippen molar-refractivity contribution >= 4 is 5.97 Å². The lowest BCUT2D eigenvalue weighted by Gasteiger charge is -2.72. The van der Waals surface area contributed by atoms with E-state index in [2.05, 4.69) is 6.92 Å². The summed E-state index contributed by atoms with van der Waals surface area (Å²) in [4.78, 5) is 13.1. The van der Waals surface area contributed by atoms with Crippen molar-refractivity contribution < 1.29 is 29.1 Å². The van der Waals surface area contributed by atoms with E-state index >= 15 is 0 Å². The van der Waals surface area contributed by atoms with Crippen LogP contribution in [-0.4, -0.2) is 71.0 Å². The van der Waals surface area contributed by atoms with Crippen molar-refractivity contribution in [3.63, 3.8) is 0 Å². The molecule has 3 saturated heterocycles. The second-order valence-corrected chi connectivity index (χ2v) is 11.2. The number of hydrogen-bond donors (Lipinski definition) is 2. The van der Waals surface area contributed by atoms with Crippen LogP contribution in [0.3, 0.4) is 0 Å². The van der Waals surface area contributed by atoms with Gasteiger partial charge in [0.2, 0.25) is 0 Å². The molecule has 2 N–H and O–H groups in total. The molecule has 7 fully saturated rings. The van der Waals surface area contributed by atoms with Crippen LogP contribution >= 0.6 is 0 Å². The molecule has 3 aliphatic heterocycles. The van der Waals surface area contributed by atoms with Gasteiger partial charge >= 0.3 is 5.97 Å². The van der Waals surface area contributed by atoms with Crippen LogP contribution < -0.4 is 0 Å². The zero-order chi connectivity index (χ0) is 20.6. The smallest absolute Gasteiger partial charge is 0.312 e. The largest absolute Gasteiger partial charge is 0.633 e. The maximum Gasteiger partial charge on any atom is 0.312 e. The Kier molecular flexibility index (Phi) is 3.51. The normalized spacial score (nSPS) is 64.6. The first-order valence-corrected chi connectivity index (χ1v) is 11.4. The number of piperidine rings is 1. The lowest BCUT2D eigenvalue weighted by molar-refractivity contribution is -0.932. The predicted molar refractivity (Wildman–Crippen MR) is 102 cm³/mol. The van der Waals surface area contributed by atoms with Crippen LogP contribution in [0.5, 0.6) is 0 Å². The van der Waals surface area contributed by atoms with Crippen molar-refractivity contribution in [1.29, 1.82) is 0 Å². The van der Waals surface area contributed by atoms with Crippen molar-refractivity contribution in [2.75, 3.05) is 20.2 Å². The van der Waals surface area contributed by atoms with Gasteiger partial charge in [0.05, 0.1) is 48.1 Å². The summed E-state index contributed by atoms with van der Waals surface area (Å²) < 4.78 is 11.4. The number of carbonyl (C=O) groups is 1. The Morgan fingerprint density at radius 2 is 2.10 bits per heavy atom. The highest BCUT2D eigenvalue weighted by Gasteiger charge is 2.87. The second kappa shape index (κ2) is 5.36. The summed E-state index contributed by atoms with van der Waals surface area (Å²) in [6, 6.07) is -0.429. The molecule has 0 amide bonds. The standard InChI is InChI=1S/C22H33NO6/c1-4-23(27)10-20(2)7-6-13(28-3)22-12-9-11-5-8-21(26,14(12)19(25)29-11)15(18(22)23)16(24)17(20)22/h11-18,24,26H,4-10H2,1-3H3/t11-,12+,13-,14+,15-,16+,17+,18+,20-,21+,22-,23?/m0/s1. The van der Waals surface area contributed by atoms with E-state index in [1.165, 1.54) is 0 Å². The maximum absolute atomic E-state index is 14.4. The highest BCUT2D eigenvalue weighted by Crippen LogP contribution is 2.78. The Labute approximate surface area is 171 Å². The fraction of sp³-hybridized carbons (Fsp3) is 0.955. The first-order valence-electron chi connectivity index (χ1n) is 11.4. The van der Waals surface area contributed by atoms with Gasteiger partial charge in [0.25, 0.3) is 0 Å². The molecule has 1 unspecified atom stereocenters.